The first-order valence-electron chi connectivity index (χ1n) is 7.08. The van der Waals surface area contributed by atoms with Crippen molar-refractivity contribution in [2.45, 2.75) is 13.8 Å². The molecule has 2 rings (SSSR count). The van der Waals surface area contributed by atoms with Crippen molar-refractivity contribution >= 4 is 27.5 Å². The molecule has 0 spiro atoms. The van der Waals surface area contributed by atoms with Crippen LogP contribution in [0.1, 0.15) is 24.3 Å². The lowest BCUT2D eigenvalue weighted by molar-refractivity contribution is 0.101. The molecule has 0 saturated heterocycles. The molecule has 22 heavy (non-hydrogen) atoms. The minimum atomic E-state index is -0.206. The van der Waals surface area contributed by atoms with Gasteiger partial charge >= 0.3 is 0 Å². The monoisotopic (exact) mass is 366 g/mol. The summed E-state index contributed by atoms with van der Waals surface area (Å²) in [5.41, 5.74) is 1.14. The van der Waals surface area contributed by atoms with Crippen molar-refractivity contribution in [3.63, 3.8) is 0 Å². The van der Waals surface area contributed by atoms with Gasteiger partial charge in [0, 0.05) is 23.8 Å². The van der Waals surface area contributed by atoms with Crippen LogP contribution in [0.3, 0.4) is 0 Å². The van der Waals surface area contributed by atoms with Gasteiger partial charge in [-0.15, -0.1) is 0 Å². The van der Waals surface area contributed by atoms with Crippen molar-refractivity contribution in [3.05, 3.63) is 40.6 Å². The van der Waals surface area contributed by atoms with E-state index in [4.69, 9.17) is 9.47 Å². The summed E-state index contributed by atoms with van der Waals surface area (Å²) >= 11 is 3.36. The molecule has 0 atom stereocenters. The quantitative estimate of drug-likeness (QED) is 0.844. The molecule has 0 fully saturated rings. The molecule has 6 heteroatoms. The van der Waals surface area contributed by atoms with E-state index >= 15 is 0 Å². The van der Waals surface area contributed by atoms with Gasteiger partial charge in [-0.05, 0) is 48.0 Å². The molecule has 1 heterocycles. The van der Waals surface area contributed by atoms with Crippen LogP contribution in [0.4, 0.5) is 5.69 Å². The van der Waals surface area contributed by atoms with E-state index in [0.29, 0.717) is 36.1 Å². The molecule has 0 aliphatic rings. The Morgan fingerprint density at radius 3 is 2.55 bits per heavy atom. The number of hydrogen-bond donors (Lipinski definition) is 1. The largest absolute Gasteiger partial charge is 0.494 e. The summed E-state index contributed by atoms with van der Waals surface area (Å²) in [6.07, 6.45) is 1.83. The molecule has 0 saturated carbocycles. The highest BCUT2D eigenvalue weighted by molar-refractivity contribution is 9.10. The lowest BCUT2D eigenvalue weighted by Crippen LogP contribution is -2.16. The molecule has 0 bridgehead atoms. The topological polar surface area (TPSA) is 52.5 Å². The average molecular weight is 367 g/mol. The number of rotatable bonds is 6. The Balaban J connectivity index is 2.27. The zero-order valence-corrected chi connectivity index (χ0v) is 14.4. The van der Waals surface area contributed by atoms with E-state index in [1.54, 1.807) is 22.8 Å². The van der Waals surface area contributed by atoms with Crippen LogP contribution in [-0.2, 0) is 7.05 Å². The smallest absolute Gasteiger partial charge is 0.272 e. The second-order valence-corrected chi connectivity index (χ2v) is 5.55. The van der Waals surface area contributed by atoms with Gasteiger partial charge < -0.3 is 19.4 Å². The van der Waals surface area contributed by atoms with Gasteiger partial charge in [-0.25, -0.2) is 0 Å². The predicted molar refractivity (Wildman–Crippen MR) is 89.8 cm³/mol. The van der Waals surface area contributed by atoms with Crippen LogP contribution >= 0.6 is 15.9 Å². The number of nitrogens with zero attached hydrogens (tertiary/aromatic N) is 1. The number of hydrogen-bond acceptors (Lipinski definition) is 3. The van der Waals surface area contributed by atoms with Crippen molar-refractivity contribution in [2.75, 3.05) is 18.5 Å². The fraction of sp³-hybridized carbons (Fsp3) is 0.312. The summed E-state index contributed by atoms with van der Waals surface area (Å²) in [7, 11) is 1.82. The molecular formula is C16H19BrN2O3. The van der Waals surface area contributed by atoms with Gasteiger partial charge in [-0.3, -0.25) is 4.79 Å². The average Bonchev–Trinajstić information content (AvgIpc) is 2.81. The first-order valence-corrected chi connectivity index (χ1v) is 7.87. The molecule has 0 radical (unpaired) electrons. The number of halogens is 1. The van der Waals surface area contributed by atoms with Crippen molar-refractivity contribution in [3.8, 4) is 11.5 Å². The highest BCUT2D eigenvalue weighted by Gasteiger charge is 2.14. The van der Waals surface area contributed by atoms with Gasteiger partial charge in [-0.1, -0.05) is 0 Å². The van der Waals surface area contributed by atoms with E-state index in [9.17, 15) is 4.79 Å². The van der Waals surface area contributed by atoms with Gasteiger partial charge in [0.05, 0.1) is 18.9 Å². The van der Waals surface area contributed by atoms with E-state index in [1.807, 2.05) is 33.2 Å². The van der Waals surface area contributed by atoms with Crippen molar-refractivity contribution in [1.82, 2.24) is 4.57 Å². The predicted octanol–water partition coefficient (Wildman–Crippen LogP) is 3.84. The molecule has 1 N–H and O–H groups in total. The Kier molecular flexibility index (Phi) is 5.49. The first kappa shape index (κ1) is 16.4. The molecule has 0 aliphatic carbocycles. The van der Waals surface area contributed by atoms with Gasteiger partial charge in [0.1, 0.15) is 17.2 Å². The molecule has 5 nitrogen and oxygen atoms in total. The SMILES string of the molecule is CCOc1ccc(OCC)c(NC(=O)c2cc(Br)cn2C)c1. The fourth-order valence-electron chi connectivity index (χ4n) is 2.08. The Hall–Kier alpha value is -1.95. The Morgan fingerprint density at radius 2 is 1.95 bits per heavy atom. The molecule has 0 aliphatic heterocycles. The van der Waals surface area contributed by atoms with E-state index in [2.05, 4.69) is 21.2 Å². The third-order valence-corrected chi connectivity index (χ3v) is 3.45. The maximum atomic E-state index is 12.4. The van der Waals surface area contributed by atoms with E-state index in [-0.39, 0.29) is 5.91 Å². The summed E-state index contributed by atoms with van der Waals surface area (Å²) < 4.78 is 13.6. The van der Waals surface area contributed by atoms with Crippen LogP contribution in [-0.4, -0.2) is 23.7 Å². The van der Waals surface area contributed by atoms with Crippen molar-refractivity contribution < 1.29 is 14.3 Å². The molecule has 1 aromatic carbocycles. The second-order valence-electron chi connectivity index (χ2n) is 4.63. The van der Waals surface area contributed by atoms with Gasteiger partial charge in [0.15, 0.2) is 0 Å². The summed E-state index contributed by atoms with van der Waals surface area (Å²) in [6.45, 7) is 4.89. The summed E-state index contributed by atoms with van der Waals surface area (Å²) in [5, 5.41) is 2.88. The zero-order valence-electron chi connectivity index (χ0n) is 12.9. The number of aromatic nitrogens is 1. The second kappa shape index (κ2) is 7.35. The van der Waals surface area contributed by atoms with Crippen molar-refractivity contribution in [1.29, 1.82) is 0 Å². The van der Waals surface area contributed by atoms with Gasteiger partial charge in [0.2, 0.25) is 0 Å². The van der Waals surface area contributed by atoms with Gasteiger partial charge in [0.25, 0.3) is 5.91 Å². The zero-order chi connectivity index (χ0) is 16.1. The van der Waals surface area contributed by atoms with Gasteiger partial charge in [-0.2, -0.15) is 0 Å². The number of aryl methyl sites for hydroxylation is 1. The minimum Gasteiger partial charge on any atom is -0.494 e. The lowest BCUT2D eigenvalue weighted by atomic mass is 10.2. The number of carbonyl (C=O) groups excluding carboxylic acids is 1. The van der Waals surface area contributed by atoms with Crippen LogP contribution in [0.25, 0.3) is 0 Å². The summed E-state index contributed by atoms with van der Waals surface area (Å²) in [4.78, 5) is 12.4. The van der Waals surface area contributed by atoms with Crippen LogP contribution in [0.5, 0.6) is 11.5 Å². The number of carbonyl (C=O) groups is 1. The van der Waals surface area contributed by atoms with Crippen molar-refractivity contribution in [2.24, 2.45) is 7.05 Å². The molecule has 0 unspecified atom stereocenters. The first-order chi connectivity index (χ1) is 10.5. The minimum absolute atomic E-state index is 0.206. The number of ether oxygens (including phenoxy) is 2. The standard InChI is InChI=1S/C16H19BrN2O3/c1-4-21-12-6-7-15(22-5-2)13(9-12)18-16(20)14-8-11(17)10-19(14)3/h6-10H,4-5H2,1-3H3,(H,18,20). The highest BCUT2D eigenvalue weighted by Crippen LogP contribution is 2.30. The number of amides is 1. The van der Waals surface area contributed by atoms with Crippen LogP contribution in [0.15, 0.2) is 34.9 Å². The number of benzene rings is 1. The summed E-state index contributed by atoms with van der Waals surface area (Å²) in [6, 6.07) is 7.15. The third kappa shape index (κ3) is 3.82. The van der Waals surface area contributed by atoms with E-state index in [1.165, 1.54) is 0 Å². The van der Waals surface area contributed by atoms with Crippen LogP contribution in [0, 0.1) is 0 Å². The third-order valence-electron chi connectivity index (χ3n) is 3.01. The fourth-order valence-corrected chi connectivity index (χ4v) is 2.60. The maximum Gasteiger partial charge on any atom is 0.272 e. The highest BCUT2D eigenvalue weighted by atomic mass is 79.9. The Labute approximate surface area is 138 Å². The molecule has 1 amide bonds. The summed E-state index contributed by atoms with van der Waals surface area (Å²) in [5.74, 6) is 1.10. The lowest BCUT2D eigenvalue weighted by Gasteiger charge is -2.13. The molecule has 2 aromatic rings. The number of anilines is 1. The maximum absolute atomic E-state index is 12.4. The molecular weight excluding hydrogens is 348 g/mol. The van der Waals surface area contributed by atoms with Crippen LogP contribution < -0.4 is 14.8 Å². The van der Waals surface area contributed by atoms with E-state index < -0.39 is 0 Å². The molecule has 1 aromatic heterocycles. The molecule has 118 valence electrons. The Morgan fingerprint density at radius 1 is 1.23 bits per heavy atom. The number of nitrogens with one attached hydrogen (secondary N) is 1. The normalized spacial score (nSPS) is 10.4. The Bertz CT molecular complexity index is 667. The van der Waals surface area contributed by atoms with E-state index in [0.717, 1.165) is 4.47 Å². The van der Waals surface area contributed by atoms with Crippen LogP contribution in [0.2, 0.25) is 0 Å².